The minimum atomic E-state index is -4.72. The summed E-state index contributed by atoms with van der Waals surface area (Å²) in [5.41, 5.74) is -1.16. The Hall–Kier alpha value is -2.81. The molecule has 0 radical (unpaired) electrons. The second-order valence-corrected chi connectivity index (χ2v) is 6.42. The zero-order valence-electron chi connectivity index (χ0n) is 14.5. The first kappa shape index (κ1) is 21.5. The summed E-state index contributed by atoms with van der Waals surface area (Å²) in [7, 11) is 1.15. The number of hydrogen-bond acceptors (Lipinski definition) is 5. The first-order chi connectivity index (χ1) is 13.0. The molecule has 0 aliphatic carbocycles. The van der Waals surface area contributed by atoms with Crippen LogP contribution in [0.25, 0.3) is 0 Å². The fraction of sp³-hybridized carbons (Fsp3) is 0.278. The van der Waals surface area contributed by atoms with Gasteiger partial charge in [0.1, 0.15) is 5.75 Å². The second kappa shape index (κ2) is 8.47. The topological polar surface area (TPSA) is 89.7 Å². The molecule has 1 unspecified atom stereocenters. The van der Waals surface area contributed by atoms with Crippen LogP contribution < -0.4 is 0 Å². The van der Waals surface area contributed by atoms with Crippen molar-refractivity contribution in [3.05, 3.63) is 73.8 Å². The van der Waals surface area contributed by atoms with Gasteiger partial charge in [-0.3, -0.25) is 10.1 Å². The lowest BCUT2D eigenvalue weighted by molar-refractivity contribution is -0.521. The number of phenols is 1. The number of carbonyl (C=O) groups is 1. The number of rotatable bonds is 6. The minimum absolute atomic E-state index is 0.0402. The quantitative estimate of drug-likeness (QED) is 0.430. The summed E-state index contributed by atoms with van der Waals surface area (Å²) in [6.45, 7) is 0. The van der Waals surface area contributed by atoms with Crippen LogP contribution in [0, 0.1) is 10.1 Å². The number of phenolic OH excluding ortho intramolecular Hbond substituents is 1. The Morgan fingerprint density at radius 2 is 1.82 bits per heavy atom. The van der Waals surface area contributed by atoms with Crippen LogP contribution in [0.5, 0.6) is 5.75 Å². The van der Waals surface area contributed by atoms with Crippen LogP contribution in [0.2, 0.25) is 5.02 Å². The van der Waals surface area contributed by atoms with Gasteiger partial charge in [0.05, 0.1) is 18.2 Å². The van der Waals surface area contributed by atoms with Crippen molar-refractivity contribution >= 4 is 17.6 Å². The summed E-state index contributed by atoms with van der Waals surface area (Å²) in [6, 6.07) is 5.30. The second-order valence-electron chi connectivity index (χ2n) is 5.98. The van der Waals surface area contributed by atoms with Gasteiger partial charge in [0.15, 0.2) is 0 Å². The molecule has 1 N–H and O–H groups in total. The minimum Gasteiger partial charge on any atom is -0.508 e. The van der Waals surface area contributed by atoms with Gasteiger partial charge in [-0.05, 0) is 29.8 Å². The van der Waals surface area contributed by atoms with E-state index in [0.29, 0.717) is 0 Å². The third kappa shape index (κ3) is 5.13. The molecule has 0 aliphatic heterocycles. The summed E-state index contributed by atoms with van der Waals surface area (Å²) < 4.78 is 44.1. The number of nitrogens with zero attached hydrogens (tertiary/aromatic N) is 1. The van der Waals surface area contributed by atoms with Crippen LogP contribution in [0.4, 0.5) is 13.2 Å². The number of hydrogen-bond donors (Lipinski definition) is 1. The molecule has 2 aromatic rings. The highest BCUT2D eigenvalue weighted by atomic mass is 35.5. The molecule has 0 aliphatic rings. The number of ether oxygens (including phenoxy) is 1. The van der Waals surface area contributed by atoms with Crippen LogP contribution in [-0.2, 0) is 23.8 Å². The average Bonchev–Trinajstić information content (AvgIpc) is 2.62. The molecular weight excluding hydrogens is 403 g/mol. The van der Waals surface area contributed by atoms with Gasteiger partial charge in [-0.25, -0.2) is 4.79 Å². The highest BCUT2D eigenvalue weighted by molar-refractivity contribution is 6.30. The van der Waals surface area contributed by atoms with E-state index in [1.807, 2.05) is 0 Å². The number of alkyl halides is 3. The molecule has 150 valence electrons. The van der Waals surface area contributed by atoms with Crippen molar-refractivity contribution in [2.24, 2.45) is 0 Å². The van der Waals surface area contributed by atoms with E-state index in [4.69, 9.17) is 11.6 Å². The summed E-state index contributed by atoms with van der Waals surface area (Å²) in [5.74, 6) is -1.09. The monoisotopic (exact) mass is 417 g/mol. The lowest BCUT2D eigenvalue weighted by Crippen LogP contribution is -2.26. The molecule has 0 bridgehead atoms. The van der Waals surface area contributed by atoms with E-state index in [1.54, 1.807) is 0 Å². The Morgan fingerprint density at radius 1 is 1.21 bits per heavy atom. The van der Waals surface area contributed by atoms with Gasteiger partial charge in [-0.1, -0.05) is 23.7 Å². The highest BCUT2D eigenvalue weighted by Gasteiger charge is 2.35. The number of nitro groups is 1. The molecule has 0 fully saturated rings. The molecule has 0 amide bonds. The molecule has 2 aromatic carbocycles. The van der Waals surface area contributed by atoms with E-state index in [-0.39, 0.29) is 33.9 Å². The Labute approximate surface area is 162 Å². The summed E-state index contributed by atoms with van der Waals surface area (Å²) >= 11 is 5.62. The third-order valence-electron chi connectivity index (χ3n) is 4.09. The number of carbonyl (C=O) groups excluding carboxylic acids is 1. The molecule has 28 heavy (non-hydrogen) atoms. The smallest absolute Gasteiger partial charge is 0.416 e. The van der Waals surface area contributed by atoms with Gasteiger partial charge in [0.25, 0.3) is 0 Å². The highest BCUT2D eigenvalue weighted by Crippen LogP contribution is 2.35. The van der Waals surface area contributed by atoms with Gasteiger partial charge in [-0.2, -0.15) is 13.2 Å². The van der Waals surface area contributed by atoms with E-state index >= 15 is 0 Å². The van der Waals surface area contributed by atoms with Crippen molar-refractivity contribution in [2.45, 2.75) is 25.1 Å². The van der Waals surface area contributed by atoms with Crippen molar-refractivity contribution in [1.82, 2.24) is 0 Å². The van der Waals surface area contributed by atoms with Crippen LogP contribution in [-0.4, -0.2) is 29.2 Å². The van der Waals surface area contributed by atoms with Gasteiger partial charge in [0, 0.05) is 28.4 Å². The number of halogens is 4. The van der Waals surface area contributed by atoms with E-state index in [0.717, 1.165) is 25.3 Å². The van der Waals surface area contributed by atoms with Gasteiger partial charge < -0.3 is 9.84 Å². The van der Waals surface area contributed by atoms with Gasteiger partial charge >= 0.3 is 12.1 Å². The third-order valence-corrected chi connectivity index (χ3v) is 4.33. The average molecular weight is 418 g/mol. The molecule has 0 spiro atoms. The van der Waals surface area contributed by atoms with Gasteiger partial charge in [-0.15, -0.1) is 0 Å². The first-order valence-corrected chi connectivity index (χ1v) is 8.30. The Bertz CT molecular complexity index is 901. The maximum absolute atomic E-state index is 13.2. The van der Waals surface area contributed by atoms with Gasteiger partial charge in [0.2, 0.25) is 6.04 Å². The molecule has 10 heteroatoms. The predicted octanol–water partition coefficient (Wildman–Crippen LogP) is 4.28. The van der Waals surface area contributed by atoms with E-state index in [2.05, 4.69) is 4.74 Å². The largest absolute Gasteiger partial charge is 0.508 e. The molecule has 0 heterocycles. The van der Waals surface area contributed by atoms with Crippen LogP contribution in [0.1, 0.15) is 27.0 Å². The van der Waals surface area contributed by atoms with Crippen LogP contribution in [0.15, 0.2) is 36.4 Å². The fourth-order valence-corrected chi connectivity index (χ4v) is 2.87. The van der Waals surface area contributed by atoms with Crippen LogP contribution >= 0.6 is 11.6 Å². The molecule has 1 atom stereocenters. The van der Waals surface area contributed by atoms with Crippen molar-refractivity contribution in [2.75, 3.05) is 7.11 Å². The maximum atomic E-state index is 13.2. The molecule has 6 nitrogen and oxygen atoms in total. The molecule has 0 aromatic heterocycles. The van der Waals surface area contributed by atoms with Crippen molar-refractivity contribution < 1.29 is 32.7 Å². The maximum Gasteiger partial charge on any atom is 0.416 e. The normalized spacial score (nSPS) is 12.5. The molecule has 0 saturated heterocycles. The SMILES string of the molecule is COC(=O)c1ccc(CC(Cc2ccc(Cl)cc2C(F)(F)F)[N+](=O)[O-])c(O)c1. The Balaban J connectivity index is 2.31. The predicted molar refractivity (Wildman–Crippen MR) is 94.1 cm³/mol. The van der Waals surface area contributed by atoms with E-state index in [1.165, 1.54) is 18.2 Å². The van der Waals surface area contributed by atoms with E-state index in [9.17, 15) is 33.2 Å². The lowest BCUT2D eigenvalue weighted by Gasteiger charge is -2.16. The standard InChI is InChI=1S/C18H15ClF3NO5/c1-28-17(25)12-3-2-11(16(24)8-12)7-14(23(26)27)6-10-4-5-13(19)9-15(10)18(20,21)22/h2-5,8-9,14,24H,6-7H2,1H3. The molecule has 2 rings (SSSR count). The van der Waals surface area contributed by atoms with Crippen molar-refractivity contribution in [1.29, 1.82) is 0 Å². The Morgan fingerprint density at radius 3 is 2.36 bits per heavy atom. The molecule has 0 saturated carbocycles. The number of esters is 1. The number of aromatic hydroxyl groups is 1. The number of methoxy groups -OCH3 is 1. The van der Waals surface area contributed by atoms with Crippen molar-refractivity contribution in [3.8, 4) is 5.75 Å². The lowest BCUT2D eigenvalue weighted by atomic mass is 9.95. The Kier molecular flexibility index (Phi) is 6.50. The summed E-state index contributed by atoms with van der Waals surface area (Å²) in [6.07, 6.45) is -5.57. The molecular formula is C18H15ClF3NO5. The number of benzene rings is 2. The fourth-order valence-electron chi connectivity index (χ4n) is 2.70. The zero-order chi connectivity index (χ0) is 21.1. The summed E-state index contributed by atoms with van der Waals surface area (Å²) in [4.78, 5) is 22.2. The van der Waals surface area contributed by atoms with E-state index < -0.39 is 35.1 Å². The zero-order valence-corrected chi connectivity index (χ0v) is 15.3. The van der Waals surface area contributed by atoms with Crippen molar-refractivity contribution in [3.63, 3.8) is 0 Å². The van der Waals surface area contributed by atoms with Crippen LogP contribution in [0.3, 0.4) is 0 Å². The summed E-state index contributed by atoms with van der Waals surface area (Å²) in [5, 5.41) is 21.3. The first-order valence-electron chi connectivity index (χ1n) is 7.92.